The van der Waals surface area contributed by atoms with E-state index in [9.17, 15) is 15.4 Å². The number of nitro groups is 1. The van der Waals surface area contributed by atoms with Gasteiger partial charge >= 0.3 is 0 Å². The summed E-state index contributed by atoms with van der Waals surface area (Å²) in [5, 5.41) is 20.9. The van der Waals surface area contributed by atoms with Gasteiger partial charge in [0.25, 0.3) is 5.69 Å². The van der Waals surface area contributed by atoms with Crippen molar-refractivity contribution >= 4 is 22.4 Å². The molecule has 0 amide bonds. The van der Waals surface area contributed by atoms with Gasteiger partial charge in [-0.1, -0.05) is 6.92 Å². The molecule has 0 bridgehead atoms. The van der Waals surface area contributed by atoms with Crippen molar-refractivity contribution in [2.24, 2.45) is 0 Å². The average Bonchev–Trinajstić information content (AvgIpc) is 2.60. The number of fused-ring (bicyclic) bond motifs is 1. The molecular weight excluding hydrogens is 308 g/mol. The molecule has 0 N–H and O–H groups in total. The summed E-state index contributed by atoms with van der Waals surface area (Å²) in [4.78, 5) is 17.2. The second kappa shape index (κ2) is 6.06. The van der Waals surface area contributed by atoms with Crippen LogP contribution in [-0.4, -0.2) is 35.2 Å². The van der Waals surface area contributed by atoms with Crippen molar-refractivity contribution < 1.29 is 9.66 Å². The van der Waals surface area contributed by atoms with Crippen molar-refractivity contribution in [2.45, 2.75) is 25.9 Å². The van der Waals surface area contributed by atoms with Crippen LogP contribution in [0.3, 0.4) is 0 Å². The molecule has 7 heteroatoms. The summed E-state index contributed by atoms with van der Waals surface area (Å²) in [6.45, 7) is 6.14. The van der Waals surface area contributed by atoms with Gasteiger partial charge in [0, 0.05) is 30.6 Å². The number of pyridine rings is 1. The number of nitro benzene ring substituents is 1. The normalized spacial score (nSPS) is 20.8. The molecule has 1 aromatic carbocycles. The predicted molar refractivity (Wildman–Crippen MR) is 90.0 cm³/mol. The Hall–Kier alpha value is -2.72. The lowest BCUT2D eigenvalue weighted by atomic mass is 10.0. The topological polar surface area (TPSA) is 92.3 Å². The van der Waals surface area contributed by atoms with Gasteiger partial charge in [0.15, 0.2) is 0 Å². The fourth-order valence-electron chi connectivity index (χ4n) is 2.91. The van der Waals surface area contributed by atoms with Gasteiger partial charge in [-0.3, -0.25) is 10.1 Å². The Kier molecular flexibility index (Phi) is 4.08. The molecule has 1 atom stereocenters. The maximum atomic E-state index is 10.9. The molecule has 1 saturated heterocycles. The Bertz CT molecular complexity index is 846. The van der Waals surface area contributed by atoms with Crippen LogP contribution in [-0.2, 0) is 4.74 Å². The quantitative estimate of drug-likeness (QED) is 0.636. The molecule has 0 saturated carbocycles. The van der Waals surface area contributed by atoms with Gasteiger partial charge < -0.3 is 9.64 Å². The number of rotatable bonds is 3. The van der Waals surface area contributed by atoms with Crippen LogP contribution in [0.1, 0.15) is 25.8 Å². The second-order valence-electron chi connectivity index (χ2n) is 6.17. The molecular formula is C17H18N4O3. The minimum absolute atomic E-state index is 0.0431. The zero-order chi connectivity index (χ0) is 17.3. The summed E-state index contributed by atoms with van der Waals surface area (Å²) in [7, 11) is 0. The third-order valence-electron chi connectivity index (χ3n) is 4.52. The molecule has 2 heterocycles. The van der Waals surface area contributed by atoms with Crippen molar-refractivity contribution in [2.75, 3.05) is 24.6 Å². The summed E-state index contributed by atoms with van der Waals surface area (Å²) in [6, 6.07) is 8.24. The van der Waals surface area contributed by atoms with Gasteiger partial charge in [0.1, 0.15) is 5.82 Å². The van der Waals surface area contributed by atoms with Gasteiger partial charge in [-0.2, -0.15) is 5.26 Å². The molecule has 124 valence electrons. The van der Waals surface area contributed by atoms with Crippen LogP contribution in [0.4, 0.5) is 11.5 Å². The lowest BCUT2D eigenvalue weighted by Gasteiger charge is -2.40. The van der Waals surface area contributed by atoms with E-state index < -0.39 is 4.92 Å². The van der Waals surface area contributed by atoms with Crippen LogP contribution in [0.2, 0.25) is 0 Å². The van der Waals surface area contributed by atoms with E-state index in [1.165, 1.54) is 12.1 Å². The third kappa shape index (κ3) is 2.88. The first-order valence-corrected chi connectivity index (χ1v) is 7.84. The largest absolute Gasteiger partial charge is 0.372 e. The summed E-state index contributed by atoms with van der Waals surface area (Å²) in [5.41, 5.74) is 0.693. The first-order valence-electron chi connectivity index (χ1n) is 7.84. The number of aromatic nitrogens is 1. The summed E-state index contributed by atoms with van der Waals surface area (Å²) < 4.78 is 5.84. The first kappa shape index (κ1) is 16.1. The number of ether oxygens (including phenoxy) is 1. The van der Waals surface area contributed by atoms with Crippen LogP contribution in [0.5, 0.6) is 0 Å². The van der Waals surface area contributed by atoms with E-state index in [-0.39, 0.29) is 11.3 Å². The predicted octanol–water partition coefficient (Wildman–Crippen LogP) is 3.02. The standard InChI is InChI=1S/C17H18N4O3/c1-3-17(2)11-20(6-7-24-17)16-8-12(10-18)14-9-13(21(22)23)4-5-15(14)19-16/h4-5,8-9H,3,6-7,11H2,1-2H3. The van der Waals surface area contributed by atoms with Crippen molar-refractivity contribution in [1.82, 2.24) is 4.98 Å². The van der Waals surface area contributed by atoms with E-state index >= 15 is 0 Å². The van der Waals surface area contributed by atoms with Crippen molar-refractivity contribution in [3.63, 3.8) is 0 Å². The molecule has 1 fully saturated rings. The zero-order valence-electron chi connectivity index (χ0n) is 13.7. The number of nitriles is 1. The maximum absolute atomic E-state index is 10.9. The average molecular weight is 326 g/mol. The zero-order valence-corrected chi connectivity index (χ0v) is 13.7. The molecule has 3 rings (SSSR count). The van der Waals surface area contributed by atoms with Gasteiger partial charge in [-0.15, -0.1) is 0 Å². The SMILES string of the molecule is CCC1(C)CN(c2cc(C#N)c3cc([N+](=O)[O-])ccc3n2)CCO1. The highest BCUT2D eigenvalue weighted by Crippen LogP contribution is 2.29. The molecule has 2 aromatic rings. The highest BCUT2D eigenvalue weighted by Gasteiger charge is 2.31. The Morgan fingerprint density at radius 1 is 1.50 bits per heavy atom. The first-order chi connectivity index (χ1) is 11.5. The summed E-state index contributed by atoms with van der Waals surface area (Å²) >= 11 is 0. The molecule has 1 aliphatic heterocycles. The maximum Gasteiger partial charge on any atom is 0.270 e. The number of anilines is 1. The molecule has 1 aliphatic rings. The van der Waals surface area contributed by atoms with Crippen LogP contribution < -0.4 is 4.90 Å². The Morgan fingerprint density at radius 2 is 2.29 bits per heavy atom. The second-order valence-corrected chi connectivity index (χ2v) is 6.17. The highest BCUT2D eigenvalue weighted by atomic mass is 16.6. The van der Waals surface area contributed by atoms with Crippen molar-refractivity contribution in [1.29, 1.82) is 5.26 Å². The molecule has 1 unspecified atom stereocenters. The fourth-order valence-corrected chi connectivity index (χ4v) is 2.91. The molecule has 0 aliphatic carbocycles. The number of nitrogens with zero attached hydrogens (tertiary/aromatic N) is 4. The lowest BCUT2D eigenvalue weighted by molar-refractivity contribution is -0.384. The number of hydrogen-bond donors (Lipinski definition) is 0. The third-order valence-corrected chi connectivity index (χ3v) is 4.52. The highest BCUT2D eigenvalue weighted by molar-refractivity contribution is 5.88. The lowest BCUT2D eigenvalue weighted by Crippen LogP contribution is -2.50. The molecule has 0 radical (unpaired) electrons. The minimum atomic E-state index is -0.469. The van der Waals surface area contributed by atoms with Crippen molar-refractivity contribution in [3.05, 3.63) is 39.9 Å². The van der Waals surface area contributed by atoms with Crippen LogP contribution >= 0.6 is 0 Å². The molecule has 1 aromatic heterocycles. The van der Waals surface area contributed by atoms with Crippen LogP contribution in [0.15, 0.2) is 24.3 Å². The number of hydrogen-bond acceptors (Lipinski definition) is 6. The van der Waals surface area contributed by atoms with Crippen LogP contribution in [0.25, 0.3) is 10.9 Å². The Balaban J connectivity index is 2.06. The molecule has 7 nitrogen and oxygen atoms in total. The van der Waals surface area contributed by atoms with Gasteiger partial charge in [-0.05, 0) is 25.5 Å². The van der Waals surface area contributed by atoms with E-state index in [1.54, 1.807) is 12.1 Å². The monoisotopic (exact) mass is 326 g/mol. The van der Waals surface area contributed by atoms with Gasteiger partial charge in [0.2, 0.25) is 0 Å². The minimum Gasteiger partial charge on any atom is -0.372 e. The number of non-ortho nitro benzene ring substituents is 1. The van der Waals surface area contributed by atoms with E-state index in [0.29, 0.717) is 42.0 Å². The van der Waals surface area contributed by atoms with Gasteiger partial charge in [0.05, 0.1) is 34.3 Å². The van der Waals surface area contributed by atoms with Gasteiger partial charge in [-0.25, -0.2) is 4.98 Å². The summed E-state index contributed by atoms with van der Waals surface area (Å²) in [6.07, 6.45) is 0.883. The Morgan fingerprint density at radius 3 is 2.96 bits per heavy atom. The number of morpholine rings is 1. The van der Waals surface area contributed by atoms with E-state index in [0.717, 1.165) is 6.42 Å². The number of benzene rings is 1. The van der Waals surface area contributed by atoms with E-state index in [2.05, 4.69) is 29.8 Å². The smallest absolute Gasteiger partial charge is 0.270 e. The Labute approximate surface area is 139 Å². The molecule has 0 spiro atoms. The summed E-state index contributed by atoms with van der Waals surface area (Å²) in [5.74, 6) is 0.705. The van der Waals surface area contributed by atoms with Crippen LogP contribution in [0, 0.1) is 21.4 Å². The fraction of sp³-hybridized carbons (Fsp3) is 0.412. The van der Waals surface area contributed by atoms with Crippen molar-refractivity contribution in [3.8, 4) is 6.07 Å². The van der Waals surface area contributed by atoms with E-state index in [4.69, 9.17) is 4.74 Å². The van der Waals surface area contributed by atoms with E-state index in [1.807, 2.05) is 0 Å². The molecule has 24 heavy (non-hydrogen) atoms.